The van der Waals surface area contributed by atoms with Gasteiger partial charge in [-0.2, -0.15) is 4.98 Å². The molecular weight excluding hydrogens is 300 g/mol. The highest BCUT2D eigenvalue weighted by atomic mass is 79.9. The summed E-state index contributed by atoms with van der Waals surface area (Å²) in [4.78, 5) is 8.29. The van der Waals surface area contributed by atoms with Crippen LogP contribution in [0.5, 0.6) is 0 Å². The molecule has 2 aromatic heterocycles. The molecule has 0 radical (unpaired) electrons. The number of ether oxygens (including phenoxy) is 1. The SMILES string of the molecule is COCCNc1nc(N)nc(-c2ccco2)c1Br. The lowest BCUT2D eigenvalue weighted by Crippen LogP contribution is -2.11. The maximum absolute atomic E-state index is 5.68. The lowest BCUT2D eigenvalue weighted by Gasteiger charge is -2.10. The summed E-state index contributed by atoms with van der Waals surface area (Å²) in [5.41, 5.74) is 6.30. The molecule has 7 heteroatoms. The van der Waals surface area contributed by atoms with Crippen LogP contribution in [0.15, 0.2) is 27.3 Å². The molecule has 0 saturated carbocycles. The number of hydrogen-bond donors (Lipinski definition) is 2. The fraction of sp³-hybridized carbons (Fsp3) is 0.273. The summed E-state index contributed by atoms with van der Waals surface area (Å²) in [5, 5.41) is 3.11. The molecule has 0 bridgehead atoms. The Hall–Kier alpha value is -1.60. The van der Waals surface area contributed by atoms with Crippen molar-refractivity contribution in [3.05, 3.63) is 22.9 Å². The number of rotatable bonds is 5. The quantitative estimate of drug-likeness (QED) is 0.823. The lowest BCUT2D eigenvalue weighted by molar-refractivity contribution is 0.210. The van der Waals surface area contributed by atoms with E-state index >= 15 is 0 Å². The molecule has 2 rings (SSSR count). The predicted molar refractivity (Wildman–Crippen MR) is 72.2 cm³/mol. The summed E-state index contributed by atoms with van der Waals surface area (Å²) in [6, 6.07) is 3.60. The van der Waals surface area contributed by atoms with Crippen LogP contribution in [0.3, 0.4) is 0 Å². The summed E-state index contributed by atoms with van der Waals surface area (Å²) in [6.07, 6.45) is 1.58. The van der Waals surface area contributed by atoms with Crippen molar-refractivity contribution in [2.75, 3.05) is 31.3 Å². The molecule has 0 aliphatic rings. The molecule has 0 aliphatic heterocycles. The normalized spacial score (nSPS) is 10.6. The van der Waals surface area contributed by atoms with Gasteiger partial charge in [0.1, 0.15) is 11.5 Å². The monoisotopic (exact) mass is 312 g/mol. The largest absolute Gasteiger partial charge is 0.463 e. The molecule has 0 unspecified atom stereocenters. The van der Waals surface area contributed by atoms with E-state index in [0.29, 0.717) is 34.9 Å². The fourth-order valence-corrected chi connectivity index (χ4v) is 1.94. The van der Waals surface area contributed by atoms with Crippen molar-refractivity contribution in [2.45, 2.75) is 0 Å². The number of hydrogen-bond acceptors (Lipinski definition) is 6. The Balaban J connectivity index is 2.31. The first-order valence-electron chi connectivity index (χ1n) is 5.32. The minimum Gasteiger partial charge on any atom is -0.463 e. The fourth-order valence-electron chi connectivity index (χ4n) is 1.43. The number of furan rings is 1. The summed E-state index contributed by atoms with van der Waals surface area (Å²) in [7, 11) is 1.64. The van der Waals surface area contributed by atoms with Crippen LogP contribution in [0.1, 0.15) is 0 Å². The van der Waals surface area contributed by atoms with Gasteiger partial charge < -0.3 is 20.2 Å². The maximum Gasteiger partial charge on any atom is 0.222 e. The molecule has 0 amide bonds. The molecule has 6 nitrogen and oxygen atoms in total. The Morgan fingerprint density at radius 1 is 1.50 bits per heavy atom. The van der Waals surface area contributed by atoms with Gasteiger partial charge in [0.25, 0.3) is 0 Å². The van der Waals surface area contributed by atoms with Crippen LogP contribution in [-0.4, -0.2) is 30.2 Å². The van der Waals surface area contributed by atoms with E-state index in [1.807, 2.05) is 6.07 Å². The molecule has 2 aromatic rings. The summed E-state index contributed by atoms with van der Waals surface area (Å²) in [6.45, 7) is 1.20. The number of nitrogens with zero attached hydrogens (tertiary/aromatic N) is 2. The Morgan fingerprint density at radius 2 is 2.33 bits per heavy atom. The number of methoxy groups -OCH3 is 1. The van der Waals surface area contributed by atoms with Gasteiger partial charge in [0, 0.05) is 13.7 Å². The van der Waals surface area contributed by atoms with Gasteiger partial charge in [-0.15, -0.1) is 0 Å². The van der Waals surface area contributed by atoms with E-state index < -0.39 is 0 Å². The minimum absolute atomic E-state index is 0.185. The second kappa shape index (κ2) is 5.83. The van der Waals surface area contributed by atoms with Gasteiger partial charge in [0.05, 0.1) is 17.3 Å². The second-order valence-electron chi connectivity index (χ2n) is 3.49. The number of nitrogen functional groups attached to an aromatic ring is 1. The first-order chi connectivity index (χ1) is 8.72. The van der Waals surface area contributed by atoms with Crippen LogP contribution in [0.4, 0.5) is 11.8 Å². The Kier molecular flexibility index (Phi) is 4.16. The van der Waals surface area contributed by atoms with E-state index in [-0.39, 0.29) is 5.95 Å². The lowest BCUT2D eigenvalue weighted by atomic mass is 10.3. The first kappa shape index (κ1) is 12.8. The van der Waals surface area contributed by atoms with Gasteiger partial charge in [-0.25, -0.2) is 4.98 Å². The molecule has 0 fully saturated rings. The highest BCUT2D eigenvalue weighted by Gasteiger charge is 2.14. The van der Waals surface area contributed by atoms with Crippen LogP contribution in [0.2, 0.25) is 0 Å². The Morgan fingerprint density at radius 3 is 3.00 bits per heavy atom. The molecule has 0 saturated heterocycles. The van der Waals surface area contributed by atoms with Gasteiger partial charge in [-0.1, -0.05) is 0 Å². The zero-order valence-electron chi connectivity index (χ0n) is 9.81. The average molecular weight is 313 g/mol. The molecule has 0 spiro atoms. The van der Waals surface area contributed by atoms with E-state index in [0.717, 1.165) is 0 Å². The van der Waals surface area contributed by atoms with E-state index in [9.17, 15) is 0 Å². The van der Waals surface area contributed by atoms with E-state index in [1.165, 1.54) is 0 Å². The highest BCUT2D eigenvalue weighted by Crippen LogP contribution is 2.32. The molecule has 2 heterocycles. The Labute approximate surface area is 113 Å². The molecule has 0 atom stereocenters. The van der Waals surface area contributed by atoms with Crippen LogP contribution in [-0.2, 0) is 4.74 Å². The van der Waals surface area contributed by atoms with Crippen molar-refractivity contribution in [1.29, 1.82) is 0 Å². The van der Waals surface area contributed by atoms with Crippen molar-refractivity contribution in [3.8, 4) is 11.5 Å². The zero-order chi connectivity index (χ0) is 13.0. The third-order valence-electron chi connectivity index (χ3n) is 2.22. The Bertz CT molecular complexity index is 516. The predicted octanol–water partition coefficient (Wildman–Crippen LogP) is 2.14. The number of aromatic nitrogens is 2. The maximum atomic E-state index is 5.68. The van der Waals surface area contributed by atoms with Gasteiger partial charge in [0.2, 0.25) is 5.95 Å². The third-order valence-corrected chi connectivity index (χ3v) is 2.97. The van der Waals surface area contributed by atoms with Gasteiger partial charge in [-0.05, 0) is 28.1 Å². The van der Waals surface area contributed by atoms with Gasteiger partial charge in [-0.3, -0.25) is 0 Å². The first-order valence-corrected chi connectivity index (χ1v) is 6.11. The zero-order valence-corrected chi connectivity index (χ0v) is 11.4. The van der Waals surface area contributed by atoms with Crippen LogP contribution >= 0.6 is 15.9 Å². The highest BCUT2D eigenvalue weighted by molar-refractivity contribution is 9.10. The van der Waals surface area contributed by atoms with Crippen molar-refractivity contribution in [2.24, 2.45) is 0 Å². The van der Waals surface area contributed by atoms with Crippen LogP contribution in [0.25, 0.3) is 11.5 Å². The molecular formula is C11H13BrN4O2. The standard InChI is InChI=1S/C11H13BrN4O2/c1-17-6-4-14-10-8(12)9(15-11(13)16-10)7-3-2-5-18-7/h2-3,5H,4,6H2,1H3,(H3,13,14,15,16). The summed E-state index contributed by atoms with van der Waals surface area (Å²) in [5.74, 6) is 1.43. The van der Waals surface area contributed by atoms with Crippen molar-refractivity contribution >= 4 is 27.7 Å². The van der Waals surface area contributed by atoms with E-state index in [4.69, 9.17) is 14.9 Å². The van der Waals surface area contributed by atoms with Crippen LogP contribution in [0, 0.1) is 0 Å². The molecule has 96 valence electrons. The van der Waals surface area contributed by atoms with Crippen LogP contribution < -0.4 is 11.1 Å². The van der Waals surface area contributed by atoms with E-state index in [1.54, 1.807) is 19.4 Å². The third kappa shape index (κ3) is 2.80. The average Bonchev–Trinajstić information content (AvgIpc) is 2.87. The summed E-state index contributed by atoms with van der Waals surface area (Å²) < 4.78 is 11.0. The van der Waals surface area contributed by atoms with Crippen molar-refractivity contribution < 1.29 is 9.15 Å². The second-order valence-corrected chi connectivity index (χ2v) is 4.28. The van der Waals surface area contributed by atoms with Crippen molar-refractivity contribution in [3.63, 3.8) is 0 Å². The molecule has 18 heavy (non-hydrogen) atoms. The molecule has 3 N–H and O–H groups in total. The number of halogens is 1. The van der Waals surface area contributed by atoms with Gasteiger partial charge >= 0.3 is 0 Å². The smallest absolute Gasteiger partial charge is 0.222 e. The number of nitrogens with one attached hydrogen (secondary N) is 1. The van der Waals surface area contributed by atoms with Crippen molar-refractivity contribution in [1.82, 2.24) is 9.97 Å². The molecule has 0 aromatic carbocycles. The number of anilines is 2. The number of nitrogens with two attached hydrogens (primary N) is 1. The molecule has 0 aliphatic carbocycles. The minimum atomic E-state index is 0.185. The van der Waals surface area contributed by atoms with Gasteiger partial charge in [0.15, 0.2) is 5.76 Å². The topological polar surface area (TPSA) is 86.2 Å². The summed E-state index contributed by atoms with van der Waals surface area (Å²) >= 11 is 3.45. The van der Waals surface area contributed by atoms with E-state index in [2.05, 4.69) is 31.2 Å².